The smallest absolute Gasteiger partial charge is 0.191 e. The molecular formula is C11H17N3O2S2. The summed E-state index contributed by atoms with van der Waals surface area (Å²) in [6.07, 6.45) is 0.655. The topological polar surface area (TPSA) is 70.6 Å². The highest BCUT2D eigenvalue weighted by Crippen LogP contribution is 2.11. The third-order valence-corrected chi connectivity index (χ3v) is 5.45. The summed E-state index contributed by atoms with van der Waals surface area (Å²) < 4.78 is 22.7. The van der Waals surface area contributed by atoms with E-state index in [2.05, 4.69) is 15.6 Å². The lowest BCUT2D eigenvalue weighted by Gasteiger charge is -2.15. The van der Waals surface area contributed by atoms with Gasteiger partial charge in [0.15, 0.2) is 15.8 Å². The zero-order valence-corrected chi connectivity index (χ0v) is 11.9. The molecule has 1 fully saturated rings. The predicted molar refractivity (Wildman–Crippen MR) is 74.7 cm³/mol. The number of guanidine groups is 1. The SMILES string of the molecule is CN=C(NCc1cccs1)NC1CCS(=O)(=O)C1. The Morgan fingerprint density at radius 3 is 3.00 bits per heavy atom. The molecule has 0 bridgehead atoms. The van der Waals surface area contributed by atoms with Crippen LogP contribution >= 0.6 is 11.3 Å². The quantitative estimate of drug-likeness (QED) is 0.631. The molecule has 1 unspecified atom stereocenters. The molecule has 1 aliphatic rings. The van der Waals surface area contributed by atoms with Gasteiger partial charge in [-0.05, 0) is 17.9 Å². The predicted octanol–water partition coefficient (Wildman–Crippen LogP) is 0.600. The van der Waals surface area contributed by atoms with E-state index < -0.39 is 9.84 Å². The third-order valence-electron chi connectivity index (χ3n) is 2.81. The number of sulfone groups is 1. The van der Waals surface area contributed by atoms with Crippen LogP contribution in [-0.2, 0) is 16.4 Å². The second-order valence-electron chi connectivity index (χ2n) is 4.25. The van der Waals surface area contributed by atoms with E-state index >= 15 is 0 Å². The molecule has 18 heavy (non-hydrogen) atoms. The molecule has 2 heterocycles. The molecule has 2 N–H and O–H groups in total. The maximum atomic E-state index is 11.4. The van der Waals surface area contributed by atoms with Crippen LogP contribution in [0.1, 0.15) is 11.3 Å². The summed E-state index contributed by atoms with van der Waals surface area (Å²) in [6.45, 7) is 0.705. The van der Waals surface area contributed by atoms with Crippen molar-refractivity contribution in [1.29, 1.82) is 0 Å². The van der Waals surface area contributed by atoms with Crippen molar-refractivity contribution in [2.24, 2.45) is 4.99 Å². The second kappa shape index (κ2) is 5.71. The van der Waals surface area contributed by atoms with Crippen molar-refractivity contribution in [3.63, 3.8) is 0 Å². The number of thiophene rings is 1. The van der Waals surface area contributed by atoms with E-state index in [1.54, 1.807) is 18.4 Å². The van der Waals surface area contributed by atoms with E-state index in [1.807, 2.05) is 17.5 Å². The first-order valence-electron chi connectivity index (χ1n) is 5.79. The van der Waals surface area contributed by atoms with Gasteiger partial charge in [-0.25, -0.2) is 8.42 Å². The minimum absolute atomic E-state index is 0.0236. The van der Waals surface area contributed by atoms with Gasteiger partial charge in [-0.15, -0.1) is 11.3 Å². The molecule has 0 spiro atoms. The lowest BCUT2D eigenvalue weighted by molar-refractivity contribution is 0.599. The Labute approximate surface area is 111 Å². The maximum Gasteiger partial charge on any atom is 0.191 e. The van der Waals surface area contributed by atoms with E-state index in [4.69, 9.17) is 0 Å². The van der Waals surface area contributed by atoms with Crippen LogP contribution in [0, 0.1) is 0 Å². The first-order valence-corrected chi connectivity index (χ1v) is 8.49. The Hall–Kier alpha value is -1.08. The summed E-state index contributed by atoms with van der Waals surface area (Å²) in [6, 6.07) is 4.02. The summed E-state index contributed by atoms with van der Waals surface area (Å²) in [5.74, 6) is 1.13. The van der Waals surface area contributed by atoms with Crippen molar-refractivity contribution >= 4 is 27.1 Å². The lowest BCUT2D eigenvalue weighted by atomic mass is 10.3. The lowest BCUT2D eigenvalue weighted by Crippen LogP contribution is -2.43. The van der Waals surface area contributed by atoms with Gasteiger partial charge in [0.2, 0.25) is 0 Å². The zero-order chi connectivity index (χ0) is 13.0. The van der Waals surface area contributed by atoms with Crippen LogP contribution in [-0.4, -0.2) is 39.0 Å². The number of hydrogen-bond acceptors (Lipinski definition) is 4. The van der Waals surface area contributed by atoms with Crippen molar-refractivity contribution in [2.45, 2.75) is 19.0 Å². The highest BCUT2D eigenvalue weighted by Gasteiger charge is 2.28. The fourth-order valence-electron chi connectivity index (χ4n) is 1.88. The van der Waals surface area contributed by atoms with Gasteiger partial charge in [0, 0.05) is 18.0 Å². The van der Waals surface area contributed by atoms with Crippen molar-refractivity contribution in [1.82, 2.24) is 10.6 Å². The van der Waals surface area contributed by atoms with Crippen molar-refractivity contribution < 1.29 is 8.42 Å². The number of rotatable bonds is 3. The fraction of sp³-hybridized carbons (Fsp3) is 0.545. The molecule has 2 rings (SSSR count). The van der Waals surface area contributed by atoms with Crippen LogP contribution in [0.25, 0.3) is 0 Å². The Morgan fingerprint density at radius 1 is 1.61 bits per heavy atom. The van der Waals surface area contributed by atoms with Crippen molar-refractivity contribution in [3.05, 3.63) is 22.4 Å². The van der Waals surface area contributed by atoms with Gasteiger partial charge < -0.3 is 10.6 Å². The van der Waals surface area contributed by atoms with E-state index in [9.17, 15) is 8.42 Å². The normalized spacial score (nSPS) is 22.9. The van der Waals surface area contributed by atoms with Gasteiger partial charge in [-0.1, -0.05) is 6.07 Å². The van der Waals surface area contributed by atoms with Crippen molar-refractivity contribution in [3.8, 4) is 0 Å². The minimum atomic E-state index is -2.85. The molecule has 100 valence electrons. The Morgan fingerprint density at radius 2 is 2.44 bits per heavy atom. The fourth-order valence-corrected chi connectivity index (χ4v) is 4.20. The number of nitrogens with one attached hydrogen (secondary N) is 2. The van der Waals surface area contributed by atoms with Gasteiger partial charge in [-0.2, -0.15) is 0 Å². The molecule has 1 atom stereocenters. The summed E-state index contributed by atoms with van der Waals surface area (Å²) in [7, 11) is -1.16. The minimum Gasteiger partial charge on any atom is -0.353 e. The molecule has 0 saturated carbocycles. The van der Waals surface area contributed by atoms with Gasteiger partial charge in [0.1, 0.15) is 0 Å². The average Bonchev–Trinajstić information content (AvgIpc) is 2.94. The van der Waals surface area contributed by atoms with Crippen LogP contribution in [0.4, 0.5) is 0 Å². The maximum absolute atomic E-state index is 11.4. The Bertz CT molecular complexity index is 508. The second-order valence-corrected chi connectivity index (χ2v) is 7.51. The molecule has 0 amide bonds. The Kier molecular flexibility index (Phi) is 4.23. The van der Waals surface area contributed by atoms with Crippen LogP contribution in [0.2, 0.25) is 0 Å². The van der Waals surface area contributed by atoms with Crippen LogP contribution in [0.3, 0.4) is 0 Å². The standard InChI is InChI=1S/C11H17N3O2S2/c1-12-11(13-7-10-3-2-5-17-10)14-9-4-6-18(15,16)8-9/h2-3,5,9H,4,6-8H2,1H3,(H2,12,13,14). The molecule has 7 heteroatoms. The molecule has 0 radical (unpaired) electrons. The highest BCUT2D eigenvalue weighted by atomic mass is 32.2. The average molecular weight is 287 g/mol. The molecule has 1 aliphatic heterocycles. The zero-order valence-electron chi connectivity index (χ0n) is 10.2. The number of nitrogens with zero attached hydrogens (tertiary/aromatic N) is 1. The van der Waals surface area contributed by atoms with Crippen LogP contribution in [0.5, 0.6) is 0 Å². The van der Waals surface area contributed by atoms with E-state index in [0.29, 0.717) is 18.9 Å². The number of hydrogen-bond donors (Lipinski definition) is 2. The summed E-state index contributed by atoms with van der Waals surface area (Å²) in [4.78, 5) is 5.32. The van der Waals surface area contributed by atoms with Gasteiger partial charge in [0.25, 0.3) is 0 Å². The van der Waals surface area contributed by atoms with Crippen molar-refractivity contribution in [2.75, 3.05) is 18.6 Å². The van der Waals surface area contributed by atoms with E-state index in [-0.39, 0.29) is 17.5 Å². The molecular weight excluding hydrogens is 270 g/mol. The summed E-state index contributed by atoms with van der Waals surface area (Å²) in [5.41, 5.74) is 0. The van der Waals surface area contributed by atoms with E-state index in [0.717, 1.165) is 0 Å². The molecule has 5 nitrogen and oxygen atoms in total. The molecule has 1 aromatic rings. The van der Waals surface area contributed by atoms with Gasteiger partial charge in [0.05, 0.1) is 18.1 Å². The highest BCUT2D eigenvalue weighted by molar-refractivity contribution is 7.91. The molecule has 0 aromatic carbocycles. The largest absolute Gasteiger partial charge is 0.353 e. The van der Waals surface area contributed by atoms with E-state index in [1.165, 1.54) is 4.88 Å². The summed E-state index contributed by atoms with van der Waals surface area (Å²) in [5, 5.41) is 8.35. The Balaban J connectivity index is 1.83. The molecule has 1 saturated heterocycles. The number of aliphatic imine (C=N–C) groups is 1. The molecule has 1 aromatic heterocycles. The first kappa shape index (κ1) is 13.4. The van der Waals surface area contributed by atoms with Gasteiger partial charge >= 0.3 is 0 Å². The summed E-state index contributed by atoms with van der Waals surface area (Å²) >= 11 is 1.68. The van der Waals surface area contributed by atoms with Gasteiger partial charge in [-0.3, -0.25) is 4.99 Å². The monoisotopic (exact) mass is 287 g/mol. The van der Waals surface area contributed by atoms with Crippen LogP contribution < -0.4 is 10.6 Å². The molecule has 0 aliphatic carbocycles. The third kappa shape index (κ3) is 3.71. The van der Waals surface area contributed by atoms with Crippen LogP contribution in [0.15, 0.2) is 22.5 Å². The first-order chi connectivity index (χ1) is 8.59.